The molecular formula is C28H29F2N5O3S. The molecule has 204 valence electrons. The van der Waals surface area contributed by atoms with Crippen LogP contribution in [0.15, 0.2) is 41.9 Å². The molecule has 2 aromatic carbocycles. The summed E-state index contributed by atoms with van der Waals surface area (Å²) < 4.78 is 34.6. The summed E-state index contributed by atoms with van der Waals surface area (Å²) in [5.74, 6) is -3.65. The number of ether oxygens (including phenoxy) is 1. The highest BCUT2D eigenvalue weighted by Crippen LogP contribution is 2.34. The summed E-state index contributed by atoms with van der Waals surface area (Å²) in [5.41, 5.74) is 2.81. The number of phenolic OH excluding ortho intramolecular Hbond substituents is 1. The Morgan fingerprint density at radius 1 is 1.10 bits per heavy atom. The summed E-state index contributed by atoms with van der Waals surface area (Å²) in [5, 5.41) is 21.1. The van der Waals surface area contributed by atoms with E-state index in [-0.39, 0.29) is 17.5 Å². The third-order valence-electron chi connectivity index (χ3n) is 7.62. The predicted molar refractivity (Wildman–Crippen MR) is 145 cm³/mol. The van der Waals surface area contributed by atoms with Gasteiger partial charge in [0, 0.05) is 47.7 Å². The van der Waals surface area contributed by atoms with Crippen molar-refractivity contribution >= 4 is 33.3 Å². The van der Waals surface area contributed by atoms with Gasteiger partial charge in [0.15, 0.2) is 22.5 Å². The molecule has 1 aliphatic heterocycles. The van der Waals surface area contributed by atoms with Gasteiger partial charge in [-0.05, 0) is 49.8 Å². The largest absolute Gasteiger partial charge is 0.503 e. The van der Waals surface area contributed by atoms with Crippen LogP contribution in [0.25, 0.3) is 22.2 Å². The molecule has 2 N–H and O–H groups in total. The minimum absolute atomic E-state index is 0.144. The molecule has 2 aliphatic rings. The van der Waals surface area contributed by atoms with E-state index in [0.717, 1.165) is 91.4 Å². The Labute approximate surface area is 228 Å². The molecule has 0 bridgehead atoms. The van der Waals surface area contributed by atoms with Crippen LogP contribution in [0.1, 0.15) is 42.1 Å². The number of amides is 1. The Balaban J connectivity index is 1.05. The molecule has 4 aromatic rings. The van der Waals surface area contributed by atoms with Gasteiger partial charge in [-0.15, -0.1) is 11.3 Å². The second-order valence-corrected chi connectivity index (χ2v) is 11.0. The minimum atomic E-state index is -1.15. The first kappa shape index (κ1) is 25.7. The van der Waals surface area contributed by atoms with Crippen LogP contribution in [0, 0.1) is 17.6 Å². The number of aromatic nitrogens is 3. The number of morpholine rings is 1. The fraction of sp³-hybridized carbons (Fsp3) is 0.393. The maximum Gasteiger partial charge on any atom is 0.251 e. The van der Waals surface area contributed by atoms with E-state index in [1.807, 2.05) is 0 Å². The van der Waals surface area contributed by atoms with E-state index in [1.54, 1.807) is 11.3 Å². The highest BCUT2D eigenvalue weighted by Gasteiger charge is 2.24. The van der Waals surface area contributed by atoms with Crippen molar-refractivity contribution < 1.29 is 23.4 Å². The Kier molecular flexibility index (Phi) is 7.18. The number of thiazole rings is 1. The van der Waals surface area contributed by atoms with Gasteiger partial charge < -0.3 is 20.1 Å². The number of nitrogens with one attached hydrogen (secondary N) is 1. The van der Waals surface area contributed by atoms with Crippen molar-refractivity contribution in [2.45, 2.75) is 31.7 Å². The minimum Gasteiger partial charge on any atom is -0.503 e. The van der Waals surface area contributed by atoms with Crippen molar-refractivity contribution in [1.82, 2.24) is 20.1 Å². The van der Waals surface area contributed by atoms with Gasteiger partial charge >= 0.3 is 0 Å². The molecule has 0 atom stereocenters. The zero-order valence-electron chi connectivity index (χ0n) is 21.3. The number of aromatic hydroxyl groups is 1. The molecule has 1 aliphatic carbocycles. The number of benzene rings is 2. The summed E-state index contributed by atoms with van der Waals surface area (Å²) in [6.45, 7) is 3.63. The number of anilines is 1. The maximum atomic E-state index is 13.6. The maximum absolute atomic E-state index is 13.6. The molecule has 8 nitrogen and oxygen atoms in total. The van der Waals surface area contributed by atoms with Crippen molar-refractivity contribution in [2.75, 3.05) is 37.7 Å². The van der Waals surface area contributed by atoms with E-state index < -0.39 is 23.3 Å². The van der Waals surface area contributed by atoms with E-state index in [0.29, 0.717) is 6.54 Å². The van der Waals surface area contributed by atoms with Crippen LogP contribution >= 0.6 is 11.3 Å². The number of hydrogen-bond donors (Lipinski definition) is 2. The second kappa shape index (κ2) is 10.9. The quantitative estimate of drug-likeness (QED) is 0.344. The molecule has 2 fully saturated rings. The fourth-order valence-electron chi connectivity index (χ4n) is 5.33. The Morgan fingerprint density at radius 3 is 2.59 bits per heavy atom. The first-order valence-corrected chi connectivity index (χ1v) is 14.1. The number of hydrogen-bond acceptors (Lipinski definition) is 7. The Bertz CT molecular complexity index is 1470. The zero-order valence-corrected chi connectivity index (χ0v) is 22.1. The Morgan fingerprint density at radius 2 is 1.85 bits per heavy atom. The summed E-state index contributed by atoms with van der Waals surface area (Å²) in [6.07, 6.45) is 5.78. The van der Waals surface area contributed by atoms with Gasteiger partial charge in [0.2, 0.25) is 0 Å². The van der Waals surface area contributed by atoms with E-state index in [1.165, 1.54) is 0 Å². The van der Waals surface area contributed by atoms with E-state index in [2.05, 4.69) is 44.7 Å². The van der Waals surface area contributed by atoms with E-state index >= 15 is 0 Å². The van der Waals surface area contributed by atoms with Crippen molar-refractivity contribution in [2.24, 2.45) is 5.92 Å². The first-order valence-electron chi connectivity index (χ1n) is 13.2. The second-order valence-electron chi connectivity index (χ2n) is 10.2. The monoisotopic (exact) mass is 553 g/mol. The van der Waals surface area contributed by atoms with E-state index in [4.69, 9.17) is 14.8 Å². The number of nitrogens with zero attached hydrogens (tertiary/aromatic N) is 4. The topological polar surface area (TPSA) is 92.5 Å². The lowest BCUT2D eigenvalue weighted by molar-refractivity contribution is 0.0940. The summed E-state index contributed by atoms with van der Waals surface area (Å²) >= 11 is 1.65. The summed E-state index contributed by atoms with van der Waals surface area (Å²) in [6, 6.07) is 8.25. The first-order chi connectivity index (χ1) is 18.9. The standard InChI is InChI=1S/C28H29F2N5O3S/c29-22-11-20(12-23(30)26(22)36)27(37)31-14-17-1-5-21(6-2-17)35-15-19-4-3-18(13-24(19)33-35)25-16-39-28(32-25)34-7-9-38-10-8-34/h3-4,11-13,15-17,21,36H,1-2,5-10,14H2,(H,31,37). The van der Waals surface area contributed by atoms with Crippen LogP contribution in [-0.2, 0) is 4.74 Å². The van der Waals surface area contributed by atoms with Gasteiger partial charge in [-0.1, -0.05) is 12.1 Å². The number of carbonyl (C=O) groups excluding carboxylic acids is 1. The number of rotatable bonds is 6. The van der Waals surface area contributed by atoms with Crippen LogP contribution in [-0.4, -0.2) is 58.6 Å². The Hall–Kier alpha value is -3.57. The number of carbonyl (C=O) groups is 1. The van der Waals surface area contributed by atoms with Gasteiger partial charge in [0.25, 0.3) is 5.91 Å². The lowest BCUT2D eigenvalue weighted by Gasteiger charge is -2.28. The van der Waals surface area contributed by atoms with Crippen molar-refractivity contribution in [3.8, 4) is 17.0 Å². The van der Waals surface area contributed by atoms with Crippen LogP contribution < -0.4 is 10.2 Å². The third kappa shape index (κ3) is 5.46. The van der Waals surface area contributed by atoms with E-state index in [9.17, 15) is 18.7 Å². The van der Waals surface area contributed by atoms with Crippen molar-refractivity contribution in [1.29, 1.82) is 0 Å². The van der Waals surface area contributed by atoms with Gasteiger partial charge in [-0.2, -0.15) is 5.10 Å². The summed E-state index contributed by atoms with van der Waals surface area (Å²) in [4.78, 5) is 19.5. The van der Waals surface area contributed by atoms with Gasteiger partial charge in [-0.3, -0.25) is 9.48 Å². The lowest BCUT2D eigenvalue weighted by atomic mass is 9.86. The van der Waals surface area contributed by atoms with Crippen LogP contribution in [0.5, 0.6) is 5.75 Å². The fourth-order valence-corrected chi connectivity index (χ4v) is 6.22. The lowest BCUT2D eigenvalue weighted by Crippen LogP contribution is -2.36. The molecule has 1 saturated heterocycles. The molecular weight excluding hydrogens is 524 g/mol. The number of phenols is 1. The smallest absolute Gasteiger partial charge is 0.251 e. The van der Waals surface area contributed by atoms with Crippen molar-refractivity contribution in [3.63, 3.8) is 0 Å². The van der Waals surface area contributed by atoms with Crippen LogP contribution in [0.4, 0.5) is 13.9 Å². The van der Waals surface area contributed by atoms with Gasteiger partial charge in [0.05, 0.1) is 30.5 Å². The molecule has 1 amide bonds. The number of halogens is 2. The molecule has 0 radical (unpaired) electrons. The highest BCUT2D eigenvalue weighted by atomic mass is 32.1. The molecule has 2 aromatic heterocycles. The molecule has 0 unspecified atom stereocenters. The van der Waals surface area contributed by atoms with Crippen molar-refractivity contribution in [3.05, 3.63) is 59.1 Å². The average molecular weight is 554 g/mol. The molecule has 11 heteroatoms. The molecule has 3 heterocycles. The molecule has 6 rings (SSSR count). The molecule has 0 spiro atoms. The van der Waals surface area contributed by atoms with Crippen LogP contribution in [0.3, 0.4) is 0 Å². The van der Waals surface area contributed by atoms with Crippen LogP contribution in [0.2, 0.25) is 0 Å². The van der Waals surface area contributed by atoms with Gasteiger partial charge in [0.1, 0.15) is 0 Å². The predicted octanol–water partition coefficient (Wildman–Crippen LogP) is 5.14. The van der Waals surface area contributed by atoms with Gasteiger partial charge in [-0.25, -0.2) is 13.8 Å². The SMILES string of the molecule is O=C(NCC1CCC(n2cc3ccc(-c4csc(N5CCOCC5)n4)cc3n2)CC1)c1cc(F)c(O)c(F)c1. The molecule has 39 heavy (non-hydrogen) atoms. The zero-order chi connectivity index (χ0) is 26.9. The number of fused-ring (bicyclic) bond motifs is 1. The normalized spacial score (nSPS) is 19.9. The third-order valence-corrected chi connectivity index (χ3v) is 8.52. The molecule has 1 saturated carbocycles. The summed E-state index contributed by atoms with van der Waals surface area (Å²) in [7, 11) is 0. The highest BCUT2D eigenvalue weighted by molar-refractivity contribution is 7.14. The average Bonchev–Trinajstić information content (AvgIpc) is 3.62.